The summed E-state index contributed by atoms with van der Waals surface area (Å²) in [5.41, 5.74) is 1.23. The molecule has 6 nitrogen and oxygen atoms in total. The van der Waals surface area contributed by atoms with Crippen molar-refractivity contribution >= 4 is 11.9 Å². The molecule has 0 amide bonds. The van der Waals surface area contributed by atoms with Gasteiger partial charge in [-0.15, -0.1) is 0 Å². The number of benzene rings is 1. The third kappa shape index (κ3) is 6.54. The Labute approximate surface area is 161 Å². The van der Waals surface area contributed by atoms with Crippen molar-refractivity contribution < 1.29 is 24.2 Å². The summed E-state index contributed by atoms with van der Waals surface area (Å²) in [5, 5.41) is 8.79. The number of likely N-dealkylation sites (tertiary alicyclic amines) is 1. The monoisotopic (exact) mass is 377 g/mol. The van der Waals surface area contributed by atoms with E-state index in [1.54, 1.807) is 0 Å². The van der Waals surface area contributed by atoms with Crippen LogP contribution >= 0.6 is 0 Å². The van der Waals surface area contributed by atoms with Crippen molar-refractivity contribution in [2.75, 3.05) is 19.7 Å². The van der Waals surface area contributed by atoms with Gasteiger partial charge in [0.05, 0.1) is 6.61 Å². The Bertz CT molecular complexity index is 618. The second-order valence-corrected chi connectivity index (χ2v) is 7.10. The Morgan fingerprint density at radius 3 is 2.78 bits per heavy atom. The molecule has 0 saturated carbocycles. The Morgan fingerprint density at radius 1 is 1.26 bits per heavy atom. The number of carboxylic acids is 1. The van der Waals surface area contributed by atoms with E-state index >= 15 is 0 Å². The molecule has 0 spiro atoms. The molecule has 1 aliphatic heterocycles. The number of rotatable bonds is 8. The number of carboxylic acid groups (broad SMARTS) is 1. The standard InChI is InChI=1S/C21H31NO5/c1-3-16(2)17-10-6-7-11-18(17)26-15-9-14-22-13-8-4-5-12-19(22)27-21(25)20(23)24/h6-7,10-11,16,19H,3-5,8-9,12-15H2,1-2H3,(H,23,24). The Balaban J connectivity index is 1.87. The first-order valence-corrected chi connectivity index (χ1v) is 9.92. The van der Waals surface area contributed by atoms with Gasteiger partial charge >= 0.3 is 11.9 Å². The molecule has 1 heterocycles. The van der Waals surface area contributed by atoms with Crippen LogP contribution in [0.2, 0.25) is 0 Å². The van der Waals surface area contributed by atoms with Crippen molar-refractivity contribution in [3.63, 3.8) is 0 Å². The predicted molar refractivity (Wildman–Crippen MR) is 103 cm³/mol. The quantitative estimate of drug-likeness (QED) is 0.422. The van der Waals surface area contributed by atoms with Crippen LogP contribution < -0.4 is 4.74 Å². The number of aliphatic carboxylic acids is 1. The van der Waals surface area contributed by atoms with Gasteiger partial charge in [-0.2, -0.15) is 0 Å². The molecular weight excluding hydrogens is 346 g/mol. The highest BCUT2D eigenvalue weighted by atomic mass is 16.6. The molecule has 27 heavy (non-hydrogen) atoms. The maximum atomic E-state index is 11.4. The molecule has 1 N–H and O–H groups in total. The molecule has 1 fully saturated rings. The zero-order chi connectivity index (χ0) is 19.6. The maximum absolute atomic E-state index is 11.4. The molecule has 2 rings (SSSR count). The van der Waals surface area contributed by atoms with Gasteiger partial charge in [-0.3, -0.25) is 4.90 Å². The number of nitrogens with zero attached hydrogens (tertiary/aromatic N) is 1. The van der Waals surface area contributed by atoms with Crippen molar-refractivity contribution in [3.8, 4) is 5.75 Å². The van der Waals surface area contributed by atoms with Crippen molar-refractivity contribution in [2.24, 2.45) is 0 Å². The summed E-state index contributed by atoms with van der Waals surface area (Å²) in [6, 6.07) is 8.13. The minimum absolute atomic E-state index is 0.451. The van der Waals surface area contributed by atoms with E-state index in [9.17, 15) is 9.59 Å². The third-order valence-corrected chi connectivity index (χ3v) is 5.13. The van der Waals surface area contributed by atoms with Crippen LogP contribution in [-0.4, -0.2) is 47.9 Å². The first-order valence-electron chi connectivity index (χ1n) is 9.92. The number of carbonyl (C=O) groups is 2. The predicted octanol–water partition coefficient (Wildman–Crippen LogP) is 3.80. The van der Waals surface area contributed by atoms with E-state index in [1.165, 1.54) is 5.56 Å². The Hall–Kier alpha value is -2.08. The molecule has 1 aromatic rings. The average molecular weight is 377 g/mol. The van der Waals surface area contributed by atoms with E-state index in [2.05, 4.69) is 24.8 Å². The first-order chi connectivity index (χ1) is 13.0. The lowest BCUT2D eigenvalue weighted by molar-refractivity contribution is -0.174. The second-order valence-electron chi connectivity index (χ2n) is 7.10. The molecule has 2 unspecified atom stereocenters. The van der Waals surface area contributed by atoms with Crippen LogP contribution in [0.25, 0.3) is 0 Å². The molecular formula is C21H31NO5. The minimum Gasteiger partial charge on any atom is -0.493 e. The molecule has 0 aromatic heterocycles. The lowest BCUT2D eigenvalue weighted by atomic mass is 9.98. The number of esters is 1. The zero-order valence-electron chi connectivity index (χ0n) is 16.4. The van der Waals surface area contributed by atoms with E-state index in [0.717, 1.165) is 44.4 Å². The highest BCUT2D eigenvalue weighted by molar-refractivity contribution is 6.28. The van der Waals surface area contributed by atoms with E-state index in [4.69, 9.17) is 14.6 Å². The van der Waals surface area contributed by atoms with Crippen LogP contribution in [0.4, 0.5) is 0 Å². The lowest BCUT2D eigenvalue weighted by Gasteiger charge is -2.28. The molecule has 0 radical (unpaired) electrons. The van der Waals surface area contributed by atoms with Gasteiger partial charge < -0.3 is 14.6 Å². The SMILES string of the molecule is CCC(C)c1ccccc1OCCCN1CCCCCC1OC(=O)C(=O)O. The highest BCUT2D eigenvalue weighted by Crippen LogP contribution is 2.28. The largest absolute Gasteiger partial charge is 0.493 e. The fourth-order valence-electron chi connectivity index (χ4n) is 3.39. The summed E-state index contributed by atoms with van der Waals surface area (Å²) in [6.07, 6.45) is 5.10. The van der Waals surface area contributed by atoms with Crippen molar-refractivity contribution in [2.45, 2.75) is 64.5 Å². The number of para-hydroxylation sites is 1. The normalized spacial score (nSPS) is 19.1. The number of ether oxygens (including phenoxy) is 2. The van der Waals surface area contributed by atoms with E-state index in [1.807, 2.05) is 18.2 Å². The van der Waals surface area contributed by atoms with E-state index in [0.29, 0.717) is 25.5 Å². The van der Waals surface area contributed by atoms with E-state index < -0.39 is 18.2 Å². The topological polar surface area (TPSA) is 76.1 Å². The summed E-state index contributed by atoms with van der Waals surface area (Å²) in [7, 11) is 0. The number of hydrogen-bond acceptors (Lipinski definition) is 5. The zero-order valence-corrected chi connectivity index (χ0v) is 16.4. The van der Waals surface area contributed by atoms with Crippen molar-refractivity contribution in [3.05, 3.63) is 29.8 Å². The minimum atomic E-state index is -1.54. The Kier molecular flexibility index (Phi) is 8.58. The Morgan fingerprint density at radius 2 is 2.04 bits per heavy atom. The van der Waals surface area contributed by atoms with Gasteiger partial charge in [0, 0.05) is 13.1 Å². The second kappa shape index (κ2) is 10.9. The summed E-state index contributed by atoms with van der Waals surface area (Å²) >= 11 is 0. The molecule has 2 atom stereocenters. The van der Waals surface area contributed by atoms with Gasteiger partial charge in [0.25, 0.3) is 0 Å². The van der Waals surface area contributed by atoms with Crippen molar-refractivity contribution in [1.82, 2.24) is 4.90 Å². The van der Waals surface area contributed by atoms with Crippen LogP contribution in [0.5, 0.6) is 5.75 Å². The maximum Gasteiger partial charge on any atom is 0.418 e. The van der Waals surface area contributed by atoms with Gasteiger partial charge in [0.15, 0.2) is 6.23 Å². The van der Waals surface area contributed by atoms with Crippen LogP contribution in [0, 0.1) is 0 Å². The van der Waals surface area contributed by atoms with Gasteiger partial charge in [0.1, 0.15) is 5.75 Å². The molecule has 1 saturated heterocycles. The molecule has 1 aromatic carbocycles. The van der Waals surface area contributed by atoms with Crippen LogP contribution in [0.1, 0.15) is 63.9 Å². The number of carbonyl (C=O) groups excluding carboxylic acids is 1. The summed E-state index contributed by atoms with van der Waals surface area (Å²) in [5.74, 6) is -1.34. The van der Waals surface area contributed by atoms with Gasteiger partial charge in [-0.25, -0.2) is 9.59 Å². The molecule has 150 valence electrons. The summed E-state index contributed by atoms with van der Waals surface area (Å²) < 4.78 is 11.2. The van der Waals surface area contributed by atoms with Crippen LogP contribution in [0.3, 0.4) is 0 Å². The molecule has 0 aliphatic carbocycles. The molecule has 1 aliphatic rings. The first kappa shape index (κ1) is 21.2. The van der Waals surface area contributed by atoms with E-state index in [-0.39, 0.29) is 0 Å². The van der Waals surface area contributed by atoms with Crippen LogP contribution in [-0.2, 0) is 14.3 Å². The molecule has 6 heteroatoms. The van der Waals surface area contributed by atoms with Gasteiger partial charge in [-0.1, -0.05) is 38.5 Å². The lowest BCUT2D eigenvalue weighted by Crippen LogP contribution is -2.40. The number of hydrogen-bond donors (Lipinski definition) is 1. The molecule has 0 bridgehead atoms. The average Bonchev–Trinajstić information content (AvgIpc) is 2.90. The van der Waals surface area contributed by atoms with Crippen molar-refractivity contribution in [1.29, 1.82) is 0 Å². The van der Waals surface area contributed by atoms with Gasteiger partial charge in [-0.05, 0) is 49.7 Å². The fourth-order valence-corrected chi connectivity index (χ4v) is 3.39. The van der Waals surface area contributed by atoms with Crippen LogP contribution in [0.15, 0.2) is 24.3 Å². The smallest absolute Gasteiger partial charge is 0.418 e. The summed E-state index contributed by atoms with van der Waals surface area (Å²) in [6.45, 7) is 6.45. The fraction of sp³-hybridized carbons (Fsp3) is 0.619. The third-order valence-electron chi connectivity index (χ3n) is 5.13. The highest BCUT2D eigenvalue weighted by Gasteiger charge is 2.26. The summed E-state index contributed by atoms with van der Waals surface area (Å²) in [4.78, 5) is 24.3. The van der Waals surface area contributed by atoms with Gasteiger partial charge in [0.2, 0.25) is 0 Å².